The number of aliphatic hydroxyl groups excluding tert-OH is 1. The van der Waals surface area contributed by atoms with Crippen molar-refractivity contribution in [1.82, 2.24) is 4.98 Å². The van der Waals surface area contributed by atoms with Gasteiger partial charge in [-0.15, -0.1) is 0 Å². The number of aliphatic hydroxyl groups is 1. The van der Waals surface area contributed by atoms with Crippen LogP contribution >= 0.6 is 11.3 Å². The Hall–Kier alpha value is -4.31. The molecule has 0 radical (unpaired) electrons. The second-order valence-electron chi connectivity index (χ2n) is 7.47. The minimum atomic E-state index is -1.13. The zero-order valence-corrected chi connectivity index (χ0v) is 17.9. The van der Waals surface area contributed by atoms with Crippen molar-refractivity contribution >= 4 is 44.1 Å². The fourth-order valence-electron chi connectivity index (χ4n) is 3.82. The number of furan rings is 1. The Labute approximate surface area is 190 Å². The van der Waals surface area contributed by atoms with Gasteiger partial charge in [-0.3, -0.25) is 24.6 Å². The number of amides is 1. The number of nitro benzene ring substituents is 1. The molecule has 9 nitrogen and oxygen atoms in total. The topological polar surface area (TPSA) is 127 Å². The van der Waals surface area contributed by atoms with Crippen molar-refractivity contribution in [3.8, 4) is 0 Å². The number of nitro groups is 1. The summed E-state index contributed by atoms with van der Waals surface area (Å²) >= 11 is 1.22. The molecule has 10 heteroatoms. The van der Waals surface area contributed by atoms with Gasteiger partial charge in [-0.1, -0.05) is 29.5 Å². The Morgan fingerprint density at radius 1 is 1.21 bits per heavy atom. The maximum Gasteiger partial charge on any atom is 0.296 e. The van der Waals surface area contributed by atoms with Gasteiger partial charge >= 0.3 is 0 Å². The van der Waals surface area contributed by atoms with Gasteiger partial charge in [-0.05, 0) is 42.3 Å². The third kappa shape index (κ3) is 3.37. The lowest BCUT2D eigenvalue weighted by Gasteiger charge is -2.24. The van der Waals surface area contributed by atoms with E-state index < -0.39 is 28.4 Å². The molecule has 0 bridgehead atoms. The number of carbonyl (C=O) groups excluding carboxylic acids is 2. The number of ketones is 1. The smallest absolute Gasteiger partial charge is 0.296 e. The summed E-state index contributed by atoms with van der Waals surface area (Å²) in [6, 6.07) is 13.0. The van der Waals surface area contributed by atoms with Crippen LogP contribution in [0.2, 0.25) is 0 Å². The van der Waals surface area contributed by atoms with E-state index in [-0.39, 0.29) is 27.7 Å². The average molecular weight is 461 g/mol. The summed E-state index contributed by atoms with van der Waals surface area (Å²) in [7, 11) is 0. The zero-order valence-electron chi connectivity index (χ0n) is 17.1. The number of aryl methyl sites for hydroxylation is 1. The summed E-state index contributed by atoms with van der Waals surface area (Å²) in [5.41, 5.74) is 1.50. The van der Waals surface area contributed by atoms with Crippen LogP contribution in [0.3, 0.4) is 0 Å². The Kier molecular flexibility index (Phi) is 4.79. The number of fused-ring (bicyclic) bond motifs is 1. The van der Waals surface area contributed by atoms with Crippen LogP contribution in [0.25, 0.3) is 10.2 Å². The highest BCUT2D eigenvalue weighted by atomic mass is 32.1. The third-order valence-electron chi connectivity index (χ3n) is 5.33. The number of carbonyl (C=O) groups is 2. The highest BCUT2D eigenvalue weighted by Gasteiger charge is 2.46. The van der Waals surface area contributed by atoms with Crippen LogP contribution in [0.4, 0.5) is 10.8 Å². The van der Waals surface area contributed by atoms with Crippen molar-refractivity contribution in [3.05, 3.63) is 99.2 Å². The number of non-ortho nitro benzene ring substituents is 1. The van der Waals surface area contributed by atoms with Crippen molar-refractivity contribution < 1.29 is 24.0 Å². The van der Waals surface area contributed by atoms with Crippen molar-refractivity contribution in [1.29, 1.82) is 0 Å². The zero-order chi connectivity index (χ0) is 23.3. The Bertz CT molecular complexity index is 1470. The molecule has 4 aromatic rings. The minimum absolute atomic E-state index is 0.0680. The van der Waals surface area contributed by atoms with E-state index in [1.165, 1.54) is 52.8 Å². The molecular weight excluding hydrogens is 446 g/mol. The molecule has 0 unspecified atom stereocenters. The van der Waals surface area contributed by atoms with Gasteiger partial charge in [0.1, 0.15) is 0 Å². The van der Waals surface area contributed by atoms with Crippen molar-refractivity contribution in [2.75, 3.05) is 4.90 Å². The molecule has 2 aromatic carbocycles. The number of hydrogen-bond acceptors (Lipinski definition) is 8. The van der Waals surface area contributed by atoms with Crippen LogP contribution in [0, 0.1) is 17.0 Å². The molecule has 2 aromatic heterocycles. The van der Waals surface area contributed by atoms with Crippen LogP contribution in [-0.2, 0) is 4.79 Å². The van der Waals surface area contributed by atoms with Gasteiger partial charge in [0.05, 0.1) is 33.0 Å². The van der Waals surface area contributed by atoms with E-state index in [4.69, 9.17) is 4.42 Å². The van der Waals surface area contributed by atoms with Crippen molar-refractivity contribution in [2.45, 2.75) is 13.0 Å². The number of aromatic nitrogens is 1. The summed E-state index contributed by atoms with van der Waals surface area (Å²) in [4.78, 5) is 43.0. The quantitative estimate of drug-likeness (QED) is 0.255. The van der Waals surface area contributed by atoms with Gasteiger partial charge in [0, 0.05) is 12.1 Å². The molecule has 1 N–H and O–H groups in total. The van der Waals surface area contributed by atoms with E-state index in [0.29, 0.717) is 5.52 Å². The number of thiazole rings is 1. The SMILES string of the molecule is Cc1ccc2nc(N3C(=O)C(O)=C(C(=O)c4ccco4)[C@H]3c3cccc([N+](=O)[O-])c3)sc2c1. The minimum Gasteiger partial charge on any atom is -0.503 e. The molecule has 3 heterocycles. The van der Waals surface area contributed by atoms with Gasteiger partial charge < -0.3 is 9.52 Å². The van der Waals surface area contributed by atoms with Gasteiger partial charge in [-0.25, -0.2) is 4.98 Å². The van der Waals surface area contributed by atoms with E-state index in [9.17, 15) is 24.8 Å². The largest absolute Gasteiger partial charge is 0.503 e. The van der Waals surface area contributed by atoms with Gasteiger partial charge in [0.2, 0.25) is 5.78 Å². The summed E-state index contributed by atoms with van der Waals surface area (Å²) < 4.78 is 6.01. The number of nitrogens with zero attached hydrogens (tertiary/aromatic N) is 3. The lowest BCUT2D eigenvalue weighted by atomic mass is 9.95. The van der Waals surface area contributed by atoms with Gasteiger partial charge in [0.25, 0.3) is 11.6 Å². The molecule has 1 amide bonds. The predicted molar refractivity (Wildman–Crippen MR) is 120 cm³/mol. The van der Waals surface area contributed by atoms with E-state index in [2.05, 4.69) is 4.98 Å². The standard InChI is InChI=1S/C23H15N3O6S/c1-12-7-8-15-17(10-12)33-23(24-15)25-19(13-4-2-5-14(11-13)26(30)31)18(21(28)22(25)29)20(27)16-6-3-9-32-16/h2-11,19,28H,1H3/t19-/m1/s1. The molecule has 1 aliphatic rings. The Morgan fingerprint density at radius 3 is 2.76 bits per heavy atom. The van der Waals surface area contributed by atoms with Gasteiger partial charge in [0.15, 0.2) is 16.7 Å². The van der Waals surface area contributed by atoms with E-state index in [1.54, 1.807) is 6.07 Å². The monoisotopic (exact) mass is 461 g/mol. The normalized spacial score (nSPS) is 16.1. The lowest BCUT2D eigenvalue weighted by molar-refractivity contribution is -0.384. The molecule has 0 fully saturated rings. The molecule has 5 rings (SSSR count). The Balaban J connectivity index is 1.70. The second kappa shape index (κ2) is 7.68. The predicted octanol–water partition coefficient (Wildman–Crippen LogP) is 4.89. The summed E-state index contributed by atoms with van der Waals surface area (Å²) in [6.45, 7) is 1.93. The first kappa shape index (κ1) is 20.6. The lowest BCUT2D eigenvalue weighted by Crippen LogP contribution is -2.31. The fraction of sp³-hybridized carbons (Fsp3) is 0.0870. The van der Waals surface area contributed by atoms with Crippen LogP contribution < -0.4 is 4.90 Å². The molecule has 0 saturated heterocycles. The Morgan fingerprint density at radius 2 is 2.03 bits per heavy atom. The second-order valence-corrected chi connectivity index (χ2v) is 8.48. The highest BCUT2D eigenvalue weighted by molar-refractivity contribution is 7.22. The van der Waals surface area contributed by atoms with Crippen LogP contribution in [0.15, 0.2) is 76.6 Å². The van der Waals surface area contributed by atoms with E-state index in [1.807, 2.05) is 25.1 Å². The van der Waals surface area contributed by atoms with Gasteiger partial charge in [-0.2, -0.15) is 0 Å². The number of hydrogen-bond donors (Lipinski definition) is 1. The van der Waals surface area contributed by atoms with Crippen molar-refractivity contribution in [2.24, 2.45) is 0 Å². The summed E-state index contributed by atoms with van der Waals surface area (Å²) in [5.74, 6) is -2.33. The number of rotatable bonds is 5. The first-order valence-electron chi connectivity index (χ1n) is 9.81. The van der Waals surface area contributed by atoms with Crippen LogP contribution in [0.1, 0.15) is 27.7 Å². The summed E-state index contributed by atoms with van der Waals surface area (Å²) in [5, 5.41) is 22.4. The molecular formula is C23H15N3O6S. The molecule has 164 valence electrons. The van der Waals surface area contributed by atoms with Crippen LogP contribution in [-0.4, -0.2) is 26.7 Å². The molecule has 1 atom stereocenters. The first-order valence-corrected chi connectivity index (χ1v) is 10.6. The highest BCUT2D eigenvalue weighted by Crippen LogP contribution is 2.44. The summed E-state index contributed by atoms with van der Waals surface area (Å²) in [6.07, 6.45) is 1.30. The van der Waals surface area contributed by atoms with Crippen molar-refractivity contribution in [3.63, 3.8) is 0 Å². The molecule has 0 saturated carbocycles. The average Bonchev–Trinajstić information content (AvgIpc) is 3.52. The number of Topliss-reactive ketones (excluding diaryl/α,β-unsaturated/α-hetero) is 1. The maximum atomic E-state index is 13.2. The molecule has 0 aliphatic carbocycles. The maximum absolute atomic E-state index is 13.2. The fourth-order valence-corrected chi connectivity index (χ4v) is 4.91. The third-order valence-corrected chi connectivity index (χ3v) is 6.35. The first-order chi connectivity index (χ1) is 15.8. The molecule has 1 aliphatic heterocycles. The van der Waals surface area contributed by atoms with Crippen LogP contribution in [0.5, 0.6) is 0 Å². The molecule has 33 heavy (non-hydrogen) atoms. The van der Waals surface area contributed by atoms with E-state index in [0.717, 1.165) is 10.3 Å². The number of anilines is 1. The molecule has 0 spiro atoms. The van der Waals surface area contributed by atoms with E-state index >= 15 is 0 Å². The number of benzene rings is 2.